The van der Waals surface area contributed by atoms with Crippen LogP contribution < -0.4 is 4.74 Å². The summed E-state index contributed by atoms with van der Waals surface area (Å²) in [5, 5.41) is 22.4. The number of methoxy groups -OCH3 is 1. The maximum absolute atomic E-state index is 13.5. The molecule has 3 aromatic rings. The first kappa shape index (κ1) is 27.1. The first-order chi connectivity index (χ1) is 17.5. The molecule has 194 valence electrons. The zero-order chi connectivity index (χ0) is 25.5. The van der Waals surface area contributed by atoms with Crippen molar-refractivity contribution in [1.82, 2.24) is 9.88 Å². The summed E-state index contributed by atoms with van der Waals surface area (Å²) in [4.78, 5) is 7.67. The van der Waals surface area contributed by atoms with Crippen LogP contribution in [0.1, 0.15) is 37.4 Å². The Morgan fingerprint density at radius 1 is 1.22 bits per heavy atom. The van der Waals surface area contributed by atoms with Crippen LogP contribution in [0.25, 0.3) is 10.9 Å². The van der Waals surface area contributed by atoms with Crippen LogP contribution in [0.5, 0.6) is 5.75 Å². The van der Waals surface area contributed by atoms with Gasteiger partial charge in [-0.2, -0.15) is 0 Å². The number of fused-ring (bicyclic) bond motifs is 1. The van der Waals surface area contributed by atoms with Gasteiger partial charge in [-0.1, -0.05) is 11.6 Å². The minimum atomic E-state index is -0.590. The molecule has 5 nitrogen and oxygen atoms in total. The molecule has 36 heavy (non-hydrogen) atoms. The Morgan fingerprint density at radius 3 is 2.86 bits per heavy atom. The molecule has 8 heteroatoms. The van der Waals surface area contributed by atoms with Crippen molar-refractivity contribution in [3.8, 4) is 5.75 Å². The third-order valence-electron chi connectivity index (χ3n) is 7.09. The lowest BCUT2D eigenvalue weighted by Gasteiger charge is -2.38. The Labute approximate surface area is 221 Å². The number of pyridine rings is 1. The summed E-state index contributed by atoms with van der Waals surface area (Å²) in [5.41, 5.74) is 1.71. The van der Waals surface area contributed by atoms with E-state index in [0.29, 0.717) is 17.4 Å². The van der Waals surface area contributed by atoms with E-state index in [1.165, 1.54) is 12.1 Å². The highest BCUT2D eigenvalue weighted by Crippen LogP contribution is 2.33. The molecule has 0 saturated carbocycles. The van der Waals surface area contributed by atoms with Gasteiger partial charge in [-0.3, -0.25) is 4.98 Å². The van der Waals surface area contributed by atoms with Crippen molar-refractivity contribution in [2.24, 2.45) is 11.8 Å². The zero-order valence-electron chi connectivity index (χ0n) is 20.6. The Bertz CT molecular complexity index is 1130. The molecule has 1 saturated heterocycles. The predicted octanol–water partition coefficient (Wildman–Crippen LogP) is 5.96. The van der Waals surface area contributed by atoms with Gasteiger partial charge in [0.15, 0.2) is 0 Å². The molecule has 0 radical (unpaired) electrons. The Balaban J connectivity index is 1.25. The summed E-state index contributed by atoms with van der Waals surface area (Å²) in [7, 11) is 1.63. The molecule has 2 heterocycles. The molecule has 0 unspecified atom stereocenters. The lowest BCUT2D eigenvalue weighted by atomic mass is 9.81. The number of hydrogen-bond donors (Lipinski definition) is 2. The van der Waals surface area contributed by atoms with Crippen LogP contribution in [0.2, 0.25) is 5.02 Å². The fourth-order valence-corrected chi connectivity index (χ4v) is 6.33. The summed E-state index contributed by atoms with van der Waals surface area (Å²) >= 11 is 7.56. The van der Waals surface area contributed by atoms with Crippen LogP contribution in [0.15, 0.2) is 53.6 Å². The average Bonchev–Trinajstić information content (AvgIpc) is 2.88. The van der Waals surface area contributed by atoms with E-state index < -0.39 is 6.10 Å². The Hall–Kier alpha value is -1.90. The largest absolute Gasteiger partial charge is 0.497 e. The number of hydrogen-bond acceptors (Lipinski definition) is 6. The van der Waals surface area contributed by atoms with Gasteiger partial charge in [-0.15, -0.1) is 11.8 Å². The van der Waals surface area contributed by atoms with Crippen LogP contribution in [-0.4, -0.2) is 59.2 Å². The number of piperidine rings is 1. The quantitative estimate of drug-likeness (QED) is 0.234. The van der Waals surface area contributed by atoms with Crippen LogP contribution in [0, 0.1) is 17.7 Å². The monoisotopic (exact) mass is 532 g/mol. The summed E-state index contributed by atoms with van der Waals surface area (Å²) < 4.78 is 18.9. The first-order valence-corrected chi connectivity index (χ1v) is 13.9. The normalized spacial score (nSPS) is 19.5. The Kier molecular flexibility index (Phi) is 9.85. The van der Waals surface area contributed by atoms with Gasteiger partial charge < -0.3 is 19.8 Å². The maximum atomic E-state index is 13.5. The minimum Gasteiger partial charge on any atom is -0.497 e. The number of thioether (sulfide) groups is 1. The van der Waals surface area contributed by atoms with E-state index in [0.717, 1.165) is 71.8 Å². The van der Waals surface area contributed by atoms with Crippen molar-refractivity contribution in [2.75, 3.05) is 39.1 Å². The van der Waals surface area contributed by atoms with Gasteiger partial charge in [-0.05, 0) is 104 Å². The van der Waals surface area contributed by atoms with Crippen LogP contribution in [0.4, 0.5) is 4.39 Å². The molecule has 0 amide bonds. The van der Waals surface area contributed by atoms with Crippen molar-refractivity contribution >= 4 is 34.3 Å². The highest BCUT2D eigenvalue weighted by molar-refractivity contribution is 7.99. The molecule has 0 spiro atoms. The van der Waals surface area contributed by atoms with E-state index in [2.05, 4.69) is 9.88 Å². The molecule has 3 atom stereocenters. The number of ether oxygens (including phenoxy) is 1. The van der Waals surface area contributed by atoms with E-state index in [1.54, 1.807) is 31.1 Å². The molecule has 2 N–H and O–H groups in total. The van der Waals surface area contributed by atoms with Gasteiger partial charge in [0.2, 0.25) is 0 Å². The second kappa shape index (κ2) is 13.1. The topological polar surface area (TPSA) is 65.8 Å². The molecule has 1 fully saturated rings. The van der Waals surface area contributed by atoms with Crippen molar-refractivity contribution in [3.63, 3.8) is 0 Å². The van der Waals surface area contributed by atoms with Crippen molar-refractivity contribution in [3.05, 3.63) is 65.1 Å². The molecular formula is C28H34ClFN2O3S. The van der Waals surface area contributed by atoms with Crippen LogP contribution >= 0.6 is 23.4 Å². The molecule has 2 aromatic carbocycles. The zero-order valence-corrected chi connectivity index (χ0v) is 22.1. The second-order valence-corrected chi connectivity index (χ2v) is 11.1. The van der Waals surface area contributed by atoms with E-state index in [-0.39, 0.29) is 18.3 Å². The average molecular weight is 533 g/mol. The minimum absolute atomic E-state index is 0.156. The SMILES string of the molecule is COc1ccc2nccc([C@@H](O)CC[C@@H]3CCN(CCCSc4cc(F)cc(Cl)c4)C[C@@H]3CO)c2c1. The number of aliphatic hydroxyl groups is 2. The summed E-state index contributed by atoms with van der Waals surface area (Å²) in [5.74, 6) is 1.91. The number of halogens is 2. The molecule has 4 rings (SSSR count). The molecule has 1 aliphatic rings. The molecular weight excluding hydrogens is 499 g/mol. The summed E-state index contributed by atoms with van der Waals surface area (Å²) in [6.07, 6.45) is 4.65. The summed E-state index contributed by atoms with van der Waals surface area (Å²) in [6, 6.07) is 12.2. The van der Waals surface area contributed by atoms with Crippen molar-refractivity contribution in [2.45, 2.75) is 36.7 Å². The third kappa shape index (κ3) is 7.11. The fraction of sp³-hybridized carbons (Fsp3) is 0.464. The molecule has 0 aliphatic carbocycles. The standard InChI is InChI=1S/C28H34ClFN2O3S/c1-35-23-4-5-27-26(16-23)25(7-9-31-27)28(34)6-3-19-8-11-32(17-20(19)18-33)10-2-12-36-24-14-21(29)13-22(30)15-24/h4-5,7,9,13-16,19-20,28,33-34H,2-3,6,8,10-12,17-18H2,1H3/t19-,20-,28+/m1/s1. The number of benzene rings is 2. The number of aliphatic hydroxyl groups excluding tert-OH is 2. The molecule has 0 bridgehead atoms. The third-order valence-corrected chi connectivity index (χ3v) is 8.37. The van der Waals surface area contributed by atoms with Gasteiger partial charge in [0.25, 0.3) is 0 Å². The van der Waals surface area contributed by atoms with Gasteiger partial charge in [0.05, 0.1) is 18.7 Å². The Morgan fingerprint density at radius 2 is 2.08 bits per heavy atom. The second-order valence-electron chi connectivity index (χ2n) is 9.48. The van der Waals surface area contributed by atoms with Crippen LogP contribution in [-0.2, 0) is 0 Å². The van der Waals surface area contributed by atoms with E-state index in [4.69, 9.17) is 16.3 Å². The molecule has 1 aromatic heterocycles. The fourth-order valence-electron chi connectivity index (χ4n) is 5.13. The number of likely N-dealkylation sites (tertiary alicyclic amines) is 1. The van der Waals surface area contributed by atoms with Gasteiger partial charge in [0.1, 0.15) is 11.6 Å². The van der Waals surface area contributed by atoms with Crippen LogP contribution in [0.3, 0.4) is 0 Å². The highest BCUT2D eigenvalue weighted by Gasteiger charge is 2.29. The number of aromatic nitrogens is 1. The summed E-state index contributed by atoms with van der Waals surface area (Å²) in [6.45, 7) is 2.96. The number of rotatable bonds is 11. The molecule has 1 aliphatic heterocycles. The van der Waals surface area contributed by atoms with E-state index >= 15 is 0 Å². The van der Waals surface area contributed by atoms with Crippen molar-refractivity contribution in [1.29, 1.82) is 0 Å². The predicted molar refractivity (Wildman–Crippen MR) is 144 cm³/mol. The lowest BCUT2D eigenvalue weighted by Crippen LogP contribution is -2.42. The van der Waals surface area contributed by atoms with E-state index in [1.807, 2.05) is 24.3 Å². The van der Waals surface area contributed by atoms with Gasteiger partial charge >= 0.3 is 0 Å². The first-order valence-electron chi connectivity index (χ1n) is 12.5. The van der Waals surface area contributed by atoms with E-state index in [9.17, 15) is 14.6 Å². The van der Waals surface area contributed by atoms with Gasteiger partial charge in [0, 0.05) is 34.7 Å². The lowest BCUT2D eigenvalue weighted by molar-refractivity contribution is 0.0581. The maximum Gasteiger partial charge on any atom is 0.125 e. The highest BCUT2D eigenvalue weighted by atomic mass is 35.5. The van der Waals surface area contributed by atoms with Crippen molar-refractivity contribution < 1.29 is 19.3 Å². The number of nitrogens with zero attached hydrogens (tertiary/aromatic N) is 2. The smallest absolute Gasteiger partial charge is 0.125 e. The van der Waals surface area contributed by atoms with Gasteiger partial charge in [-0.25, -0.2) is 4.39 Å².